The fraction of sp³-hybridized carbons (Fsp3) is 0.588. The first kappa shape index (κ1) is 17.8. The van der Waals surface area contributed by atoms with E-state index in [1.165, 1.54) is 12.8 Å². The lowest BCUT2D eigenvalue weighted by Crippen LogP contribution is -2.53. The van der Waals surface area contributed by atoms with E-state index in [-0.39, 0.29) is 0 Å². The van der Waals surface area contributed by atoms with Crippen LogP contribution in [0.1, 0.15) is 46.1 Å². The predicted octanol–water partition coefficient (Wildman–Crippen LogP) is 1.63. The molecule has 0 unspecified atom stereocenters. The summed E-state index contributed by atoms with van der Waals surface area (Å²) < 4.78 is 5.65. The fourth-order valence-electron chi connectivity index (χ4n) is 2.03. The number of nitrogens with zero attached hydrogens (tertiary/aromatic N) is 1. The molecule has 0 spiro atoms. The van der Waals surface area contributed by atoms with Crippen LogP contribution in [0.2, 0.25) is 0 Å². The summed E-state index contributed by atoms with van der Waals surface area (Å²) in [4.78, 5) is 0. The SMILES string of the molecule is CC(C)(O)C(C)(C)OB(O)c1ccc(C#N)c(NCC2CC2)c1. The molecule has 0 aromatic heterocycles. The largest absolute Gasteiger partial charge is 0.491 e. The molecule has 0 atom stereocenters. The van der Waals surface area contributed by atoms with E-state index < -0.39 is 18.3 Å². The molecule has 0 saturated heterocycles. The Hall–Kier alpha value is -1.55. The van der Waals surface area contributed by atoms with Gasteiger partial charge in [0.25, 0.3) is 0 Å². The van der Waals surface area contributed by atoms with E-state index in [1.807, 2.05) is 0 Å². The van der Waals surface area contributed by atoms with Crippen LogP contribution in [0.3, 0.4) is 0 Å². The number of nitrogens with one attached hydrogen (secondary N) is 1. The van der Waals surface area contributed by atoms with Gasteiger partial charge in [-0.25, -0.2) is 0 Å². The van der Waals surface area contributed by atoms with Crippen LogP contribution in [0.15, 0.2) is 18.2 Å². The third-order valence-electron chi connectivity index (χ3n) is 4.61. The molecular formula is C17H25BN2O3. The number of hydrogen-bond acceptors (Lipinski definition) is 5. The van der Waals surface area contributed by atoms with Crippen molar-refractivity contribution in [2.24, 2.45) is 5.92 Å². The van der Waals surface area contributed by atoms with Gasteiger partial charge in [0.05, 0.1) is 22.5 Å². The maximum absolute atomic E-state index is 10.4. The highest BCUT2D eigenvalue weighted by Gasteiger charge is 2.39. The molecule has 2 rings (SSSR count). The van der Waals surface area contributed by atoms with Crippen LogP contribution in [0.25, 0.3) is 0 Å². The number of anilines is 1. The second-order valence-electron chi connectivity index (χ2n) is 7.28. The molecule has 1 fully saturated rings. The summed E-state index contributed by atoms with van der Waals surface area (Å²) in [7, 11) is -1.18. The van der Waals surface area contributed by atoms with Gasteiger partial charge in [0, 0.05) is 6.54 Å². The number of aliphatic hydroxyl groups is 1. The predicted molar refractivity (Wildman–Crippen MR) is 91.4 cm³/mol. The molecule has 23 heavy (non-hydrogen) atoms. The van der Waals surface area contributed by atoms with E-state index in [1.54, 1.807) is 45.9 Å². The summed E-state index contributed by atoms with van der Waals surface area (Å²) in [6.45, 7) is 7.57. The Labute approximate surface area is 138 Å². The third-order valence-corrected chi connectivity index (χ3v) is 4.61. The molecule has 0 radical (unpaired) electrons. The lowest BCUT2D eigenvalue weighted by Gasteiger charge is -2.38. The smallest absolute Gasteiger partial charge is 0.423 e. The highest BCUT2D eigenvalue weighted by molar-refractivity contribution is 6.60. The van der Waals surface area contributed by atoms with Crippen molar-refractivity contribution in [1.29, 1.82) is 5.26 Å². The summed E-state index contributed by atoms with van der Waals surface area (Å²) in [6.07, 6.45) is 2.44. The lowest BCUT2D eigenvalue weighted by atomic mass is 9.76. The van der Waals surface area contributed by atoms with Gasteiger partial charge in [0.1, 0.15) is 6.07 Å². The molecule has 1 aliphatic carbocycles. The first-order valence-corrected chi connectivity index (χ1v) is 8.00. The normalized spacial score (nSPS) is 15.2. The van der Waals surface area contributed by atoms with Gasteiger partial charge in [-0.05, 0) is 64.1 Å². The molecule has 3 N–H and O–H groups in total. The molecule has 1 aromatic carbocycles. The highest BCUT2D eigenvalue weighted by Crippen LogP contribution is 2.29. The number of hydrogen-bond donors (Lipinski definition) is 3. The topological polar surface area (TPSA) is 85.5 Å². The van der Waals surface area contributed by atoms with Crippen LogP contribution in [-0.4, -0.2) is 35.0 Å². The maximum atomic E-state index is 10.4. The zero-order valence-electron chi connectivity index (χ0n) is 14.3. The van der Waals surface area contributed by atoms with Gasteiger partial charge in [0.15, 0.2) is 0 Å². The minimum Gasteiger partial charge on any atom is -0.423 e. The standard InChI is InChI=1S/C17H25BN2O3/c1-16(2,21)17(3,4)23-18(22)14-8-7-13(10-19)15(9-14)20-11-12-5-6-12/h7-9,12,20-22H,5-6,11H2,1-4H3. The van der Waals surface area contributed by atoms with E-state index in [0.717, 1.165) is 6.54 Å². The quantitative estimate of drug-likeness (QED) is 0.666. The van der Waals surface area contributed by atoms with Crippen molar-refractivity contribution in [2.45, 2.75) is 51.7 Å². The van der Waals surface area contributed by atoms with Crippen molar-refractivity contribution in [3.8, 4) is 6.07 Å². The van der Waals surface area contributed by atoms with E-state index in [9.17, 15) is 15.4 Å². The second-order valence-corrected chi connectivity index (χ2v) is 7.28. The zero-order chi connectivity index (χ0) is 17.3. The maximum Gasteiger partial charge on any atom is 0.491 e. The Balaban J connectivity index is 2.15. The third kappa shape index (κ3) is 4.48. The van der Waals surface area contributed by atoms with Crippen LogP contribution in [-0.2, 0) is 4.65 Å². The van der Waals surface area contributed by atoms with Crippen molar-refractivity contribution < 1.29 is 14.8 Å². The highest BCUT2D eigenvalue weighted by atomic mass is 16.5. The molecule has 0 heterocycles. The van der Waals surface area contributed by atoms with Crippen LogP contribution in [0.4, 0.5) is 5.69 Å². The van der Waals surface area contributed by atoms with Gasteiger partial charge in [0.2, 0.25) is 0 Å². The molecule has 0 bridgehead atoms. The number of nitriles is 1. The molecule has 1 aliphatic rings. The van der Waals surface area contributed by atoms with Crippen molar-refractivity contribution in [3.05, 3.63) is 23.8 Å². The van der Waals surface area contributed by atoms with Gasteiger partial charge in [-0.15, -0.1) is 0 Å². The summed E-state index contributed by atoms with van der Waals surface area (Å²) in [5.74, 6) is 0.681. The van der Waals surface area contributed by atoms with Gasteiger partial charge in [-0.2, -0.15) is 5.26 Å². The lowest BCUT2D eigenvalue weighted by molar-refractivity contribution is -0.0982. The zero-order valence-corrected chi connectivity index (χ0v) is 14.3. The van der Waals surface area contributed by atoms with Crippen molar-refractivity contribution in [3.63, 3.8) is 0 Å². The van der Waals surface area contributed by atoms with Gasteiger partial charge in [-0.1, -0.05) is 6.07 Å². The molecule has 6 heteroatoms. The van der Waals surface area contributed by atoms with E-state index in [4.69, 9.17) is 4.65 Å². The van der Waals surface area contributed by atoms with Gasteiger partial charge >= 0.3 is 7.12 Å². The average molecular weight is 316 g/mol. The molecule has 5 nitrogen and oxygen atoms in total. The van der Waals surface area contributed by atoms with E-state index in [0.29, 0.717) is 22.6 Å². The Bertz CT molecular complexity index is 601. The van der Waals surface area contributed by atoms with Crippen molar-refractivity contribution in [2.75, 3.05) is 11.9 Å². The van der Waals surface area contributed by atoms with Gasteiger partial charge < -0.3 is 20.1 Å². The molecule has 1 saturated carbocycles. The van der Waals surface area contributed by atoms with Gasteiger partial charge in [-0.3, -0.25) is 0 Å². The number of benzene rings is 1. The minimum atomic E-state index is -1.18. The van der Waals surface area contributed by atoms with E-state index >= 15 is 0 Å². The van der Waals surface area contributed by atoms with Crippen LogP contribution >= 0.6 is 0 Å². The first-order chi connectivity index (χ1) is 10.6. The van der Waals surface area contributed by atoms with Crippen LogP contribution in [0.5, 0.6) is 0 Å². The first-order valence-electron chi connectivity index (χ1n) is 8.00. The van der Waals surface area contributed by atoms with Crippen molar-refractivity contribution >= 4 is 18.3 Å². The Morgan fingerprint density at radius 3 is 2.52 bits per heavy atom. The van der Waals surface area contributed by atoms with Crippen molar-refractivity contribution in [1.82, 2.24) is 0 Å². The Morgan fingerprint density at radius 2 is 2.00 bits per heavy atom. The monoisotopic (exact) mass is 316 g/mol. The summed E-state index contributed by atoms with van der Waals surface area (Å²) >= 11 is 0. The summed E-state index contributed by atoms with van der Waals surface area (Å²) in [5, 5.41) is 33.0. The summed E-state index contributed by atoms with van der Waals surface area (Å²) in [6, 6.07) is 7.24. The summed E-state index contributed by atoms with van der Waals surface area (Å²) in [5.41, 5.74) is -0.223. The van der Waals surface area contributed by atoms with Crippen LogP contribution < -0.4 is 10.8 Å². The molecule has 1 aromatic rings. The number of rotatable bonds is 7. The second kappa shape index (κ2) is 6.52. The Morgan fingerprint density at radius 1 is 1.35 bits per heavy atom. The molecular weight excluding hydrogens is 291 g/mol. The molecule has 0 aliphatic heterocycles. The minimum absolute atomic E-state index is 0.545. The molecule has 124 valence electrons. The fourth-order valence-corrected chi connectivity index (χ4v) is 2.03. The Kier molecular flexibility index (Phi) is 5.05. The van der Waals surface area contributed by atoms with E-state index in [2.05, 4.69) is 11.4 Å². The van der Waals surface area contributed by atoms with Crippen LogP contribution in [0, 0.1) is 17.2 Å². The average Bonchev–Trinajstić information content (AvgIpc) is 3.27. The molecule has 0 amide bonds.